The van der Waals surface area contributed by atoms with Crippen molar-refractivity contribution < 1.29 is 0 Å². The molecule has 2 rings (SSSR count). The lowest BCUT2D eigenvalue weighted by atomic mass is 9.96. The van der Waals surface area contributed by atoms with Crippen LogP contribution in [-0.2, 0) is 13.1 Å². The van der Waals surface area contributed by atoms with Crippen LogP contribution < -0.4 is 10.6 Å². The van der Waals surface area contributed by atoms with E-state index in [0.717, 1.165) is 26.1 Å². The molecule has 0 amide bonds. The second kappa shape index (κ2) is 8.37. The zero-order valence-electron chi connectivity index (χ0n) is 13.8. The average molecular weight is 337 g/mol. The molecule has 4 nitrogen and oxygen atoms in total. The van der Waals surface area contributed by atoms with Crippen molar-refractivity contribution in [1.29, 1.82) is 0 Å². The van der Waals surface area contributed by atoms with Crippen LogP contribution in [0.25, 0.3) is 0 Å². The van der Waals surface area contributed by atoms with E-state index in [4.69, 9.17) is 0 Å². The van der Waals surface area contributed by atoms with Gasteiger partial charge in [0, 0.05) is 35.9 Å². The fourth-order valence-corrected chi connectivity index (χ4v) is 3.02. The van der Waals surface area contributed by atoms with E-state index in [0.29, 0.717) is 6.04 Å². The van der Waals surface area contributed by atoms with Gasteiger partial charge in [0.25, 0.3) is 0 Å². The van der Waals surface area contributed by atoms with Crippen LogP contribution in [0.5, 0.6) is 0 Å². The number of aryl methyl sites for hydroxylation is 2. The Hall–Kier alpha value is -0.290. The lowest BCUT2D eigenvalue weighted by Crippen LogP contribution is -2.48. The van der Waals surface area contributed by atoms with Gasteiger partial charge in [0.15, 0.2) is 0 Å². The third-order valence-corrected chi connectivity index (χ3v) is 4.38. The second-order valence-electron chi connectivity index (χ2n) is 6.24. The molecular weight excluding hydrogens is 307 g/mol. The summed E-state index contributed by atoms with van der Waals surface area (Å²) in [5, 5.41) is 11.9. The second-order valence-corrected chi connectivity index (χ2v) is 6.24. The molecule has 1 aliphatic heterocycles. The normalized spacial score (nSPS) is 20.0. The molecule has 21 heavy (non-hydrogen) atoms. The summed E-state index contributed by atoms with van der Waals surface area (Å²) in [7, 11) is 0. The Labute approximate surface area is 141 Å². The number of hydrogen-bond acceptors (Lipinski definition) is 3. The van der Waals surface area contributed by atoms with E-state index in [1.165, 1.54) is 23.4 Å². The maximum Gasteiger partial charge on any atom is 0.0641 e. The molecule has 0 spiro atoms. The monoisotopic (exact) mass is 336 g/mol. The van der Waals surface area contributed by atoms with Crippen LogP contribution in [0.3, 0.4) is 0 Å². The van der Waals surface area contributed by atoms with Gasteiger partial charge < -0.3 is 10.6 Å². The summed E-state index contributed by atoms with van der Waals surface area (Å²) in [6, 6.07) is 0.542. The smallest absolute Gasteiger partial charge is 0.0641 e. The molecule has 1 unspecified atom stereocenters. The molecule has 0 bridgehead atoms. The first kappa shape index (κ1) is 20.7. The van der Waals surface area contributed by atoms with Crippen LogP contribution >= 0.6 is 24.8 Å². The van der Waals surface area contributed by atoms with Crippen molar-refractivity contribution in [3.05, 3.63) is 17.0 Å². The highest BCUT2D eigenvalue weighted by Crippen LogP contribution is 2.20. The summed E-state index contributed by atoms with van der Waals surface area (Å²) in [4.78, 5) is 0. The fraction of sp³-hybridized carbons (Fsp3) is 0.800. The molecule has 2 heterocycles. The number of nitrogens with one attached hydrogen (secondary N) is 2. The minimum absolute atomic E-state index is 0. The van der Waals surface area contributed by atoms with Crippen LogP contribution in [0.4, 0.5) is 0 Å². The molecule has 1 saturated heterocycles. The van der Waals surface area contributed by atoms with Crippen molar-refractivity contribution >= 4 is 24.8 Å². The number of rotatable bonds is 5. The van der Waals surface area contributed by atoms with Gasteiger partial charge >= 0.3 is 0 Å². The first-order valence-corrected chi connectivity index (χ1v) is 7.47. The Morgan fingerprint density at radius 3 is 2.52 bits per heavy atom. The van der Waals surface area contributed by atoms with E-state index in [1.54, 1.807) is 0 Å². The lowest BCUT2D eigenvalue weighted by Gasteiger charge is -2.28. The first-order chi connectivity index (χ1) is 8.95. The summed E-state index contributed by atoms with van der Waals surface area (Å²) >= 11 is 0. The third-order valence-electron chi connectivity index (χ3n) is 4.38. The van der Waals surface area contributed by atoms with Crippen LogP contribution in [-0.4, -0.2) is 27.9 Å². The van der Waals surface area contributed by atoms with E-state index < -0.39 is 0 Å². The van der Waals surface area contributed by atoms with Gasteiger partial charge in [-0.25, -0.2) is 0 Å². The SMILES string of the molecule is CCCn1nc(C)c(CNC2CCNC2(C)C)c1C.Cl.Cl. The van der Waals surface area contributed by atoms with Crippen molar-refractivity contribution in [3.8, 4) is 0 Å². The van der Waals surface area contributed by atoms with Crippen molar-refractivity contribution in [2.24, 2.45) is 0 Å². The molecule has 1 atom stereocenters. The van der Waals surface area contributed by atoms with Crippen LogP contribution in [0.1, 0.15) is 50.6 Å². The Balaban J connectivity index is 0.00000200. The molecule has 0 radical (unpaired) electrons. The minimum atomic E-state index is 0. The van der Waals surface area contributed by atoms with E-state index in [1.807, 2.05) is 0 Å². The lowest BCUT2D eigenvalue weighted by molar-refractivity contribution is 0.350. The number of nitrogens with zero attached hydrogens (tertiary/aromatic N) is 2. The highest BCUT2D eigenvalue weighted by molar-refractivity contribution is 5.85. The van der Waals surface area contributed by atoms with E-state index in [-0.39, 0.29) is 30.4 Å². The number of halogens is 2. The standard InChI is InChI=1S/C15H28N4.2ClH/c1-6-9-19-12(3)13(11(2)18-19)10-16-14-7-8-17-15(14,4)5;;/h14,16-17H,6-10H2,1-5H3;2*1H. The van der Waals surface area contributed by atoms with Gasteiger partial charge in [-0.15, -0.1) is 24.8 Å². The predicted octanol–water partition coefficient (Wildman–Crippen LogP) is 2.98. The summed E-state index contributed by atoms with van der Waals surface area (Å²) in [6.45, 7) is 14.1. The molecule has 6 heteroatoms. The van der Waals surface area contributed by atoms with Crippen LogP contribution in [0, 0.1) is 13.8 Å². The zero-order chi connectivity index (χ0) is 14.0. The largest absolute Gasteiger partial charge is 0.310 e. The Kier molecular flexibility index (Phi) is 8.26. The van der Waals surface area contributed by atoms with Crippen molar-refractivity contribution in [1.82, 2.24) is 20.4 Å². The summed E-state index contributed by atoms with van der Waals surface area (Å²) in [5.74, 6) is 0. The van der Waals surface area contributed by atoms with Gasteiger partial charge in [0.1, 0.15) is 0 Å². The minimum Gasteiger partial charge on any atom is -0.310 e. The number of hydrogen-bond donors (Lipinski definition) is 2. The topological polar surface area (TPSA) is 41.9 Å². The van der Waals surface area contributed by atoms with Gasteiger partial charge in [0.2, 0.25) is 0 Å². The zero-order valence-corrected chi connectivity index (χ0v) is 15.5. The summed E-state index contributed by atoms with van der Waals surface area (Å²) < 4.78 is 2.14. The van der Waals surface area contributed by atoms with Gasteiger partial charge in [-0.2, -0.15) is 5.10 Å². The average Bonchev–Trinajstić information content (AvgIpc) is 2.79. The Bertz CT molecular complexity index is 443. The van der Waals surface area contributed by atoms with Crippen molar-refractivity contribution in [3.63, 3.8) is 0 Å². The fourth-order valence-electron chi connectivity index (χ4n) is 3.02. The predicted molar refractivity (Wildman–Crippen MR) is 93.8 cm³/mol. The molecule has 0 saturated carbocycles. The summed E-state index contributed by atoms with van der Waals surface area (Å²) in [5.41, 5.74) is 4.05. The quantitative estimate of drug-likeness (QED) is 0.868. The van der Waals surface area contributed by atoms with Gasteiger partial charge in [0.05, 0.1) is 5.69 Å². The molecule has 1 aromatic heterocycles. The molecule has 124 valence electrons. The first-order valence-electron chi connectivity index (χ1n) is 7.47. The highest BCUT2D eigenvalue weighted by Gasteiger charge is 2.33. The van der Waals surface area contributed by atoms with Gasteiger partial charge in [-0.1, -0.05) is 6.92 Å². The maximum atomic E-state index is 4.64. The van der Waals surface area contributed by atoms with E-state index in [2.05, 4.69) is 55.0 Å². The van der Waals surface area contributed by atoms with Crippen LogP contribution in [0.15, 0.2) is 0 Å². The van der Waals surface area contributed by atoms with E-state index in [9.17, 15) is 0 Å². The molecule has 1 fully saturated rings. The third kappa shape index (κ3) is 4.59. The molecule has 0 aliphatic carbocycles. The van der Waals surface area contributed by atoms with Crippen molar-refractivity contribution in [2.75, 3.05) is 6.54 Å². The van der Waals surface area contributed by atoms with Crippen LogP contribution in [0.2, 0.25) is 0 Å². The molecular formula is C15H30Cl2N4. The number of aromatic nitrogens is 2. The van der Waals surface area contributed by atoms with Crippen molar-refractivity contribution in [2.45, 2.75) is 72.1 Å². The Morgan fingerprint density at radius 2 is 2.00 bits per heavy atom. The molecule has 1 aromatic rings. The van der Waals surface area contributed by atoms with E-state index >= 15 is 0 Å². The van der Waals surface area contributed by atoms with Gasteiger partial charge in [-0.05, 0) is 47.1 Å². The summed E-state index contributed by atoms with van der Waals surface area (Å²) in [6.07, 6.45) is 2.34. The molecule has 2 N–H and O–H groups in total. The maximum absolute atomic E-state index is 4.64. The highest BCUT2D eigenvalue weighted by atomic mass is 35.5. The molecule has 0 aromatic carbocycles. The molecule has 1 aliphatic rings. The van der Waals surface area contributed by atoms with Gasteiger partial charge in [-0.3, -0.25) is 4.68 Å². The Morgan fingerprint density at radius 1 is 1.33 bits per heavy atom.